The molecule has 1 aliphatic heterocycles. The fraction of sp³-hybridized carbons (Fsp3) is 0.238. The van der Waals surface area contributed by atoms with Crippen LogP contribution in [0.15, 0.2) is 111 Å². The Labute approximate surface area is 374 Å². The van der Waals surface area contributed by atoms with E-state index in [1.54, 1.807) is 52.6 Å². The van der Waals surface area contributed by atoms with Crippen molar-refractivity contribution in [2.45, 2.75) is 52.7 Å². The fourth-order valence-corrected chi connectivity index (χ4v) is 6.85. The number of hydrogen-bond acceptors (Lipinski definition) is 12. The van der Waals surface area contributed by atoms with Crippen molar-refractivity contribution in [1.82, 2.24) is 29.9 Å². The third-order valence-corrected chi connectivity index (χ3v) is 10.5. The molecule has 0 bridgehead atoms. The van der Waals surface area contributed by atoms with Crippen molar-refractivity contribution in [2.24, 2.45) is 0 Å². The van der Waals surface area contributed by atoms with E-state index in [1.807, 2.05) is 76.2 Å². The van der Waals surface area contributed by atoms with Crippen LogP contribution in [0, 0.1) is 13.8 Å². The van der Waals surface area contributed by atoms with Gasteiger partial charge >= 0.3 is 7.12 Å². The molecule has 60 heavy (non-hydrogen) atoms. The first-order chi connectivity index (χ1) is 28.4. The van der Waals surface area contributed by atoms with Gasteiger partial charge in [-0.3, -0.25) is 9.59 Å². The summed E-state index contributed by atoms with van der Waals surface area (Å²) in [7, 11) is 2.79. The average molecular weight is 1010 g/mol. The number of halogens is 3. The highest BCUT2D eigenvalue weighted by molar-refractivity contribution is 9.11. The Balaban J connectivity index is 0.000000186. The second-order valence-electron chi connectivity index (χ2n) is 14.1. The van der Waals surface area contributed by atoms with E-state index in [0.29, 0.717) is 34.4 Å². The number of amides is 2. The Morgan fingerprint density at radius 3 is 1.42 bits per heavy atom. The van der Waals surface area contributed by atoms with Crippen LogP contribution < -0.4 is 25.6 Å². The van der Waals surface area contributed by atoms with Crippen LogP contribution >= 0.6 is 47.8 Å². The van der Waals surface area contributed by atoms with E-state index in [0.717, 1.165) is 41.5 Å². The predicted molar refractivity (Wildman–Crippen MR) is 242 cm³/mol. The minimum Gasteiger partial charge on any atom is -0.497 e. The van der Waals surface area contributed by atoms with Crippen molar-refractivity contribution in [2.75, 3.05) is 24.9 Å². The minimum atomic E-state index is -0.479. The van der Waals surface area contributed by atoms with Gasteiger partial charge in [-0.05, 0) is 102 Å². The van der Waals surface area contributed by atoms with Crippen LogP contribution in [0.1, 0.15) is 60.1 Å². The smallest absolute Gasteiger partial charge is 0.496 e. The van der Waals surface area contributed by atoms with Gasteiger partial charge in [0.15, 0.2) is 0 Å². The van der Waals surface area contributed by atoms with Gasteiger partial charge in [0.1, 0.15) is 34.8 Å². The summed E-state index contributed by atoms with van der Waals surface area (Å²) in [5.74, 6) is 3.11. The van der Waals surface area contributed by atoms with E-state index in [9.17, 15) is 9.59 Å². The number of aryl methyl sites for hydroxylation is 2. The third kappa shape index (κ3) is 12.7. The average Bonchev–Trinajstić information content (AvgIpc) is 3.44. The lowest BCUT2D eigenvalue weighted by Crippen LogP contribution is -2.41. The second kappa shape index (κ2) is 20.4. The zero-order valence-corrected chi connectivity index (χ0v) is 38.8. The molecule has 7 rings (SSSR count). The zero-order chi connectivity index (χ0) is 43.6. The van der Waals surface area contributed by atoms with E-state index < -0.39 is 18.3 Å². The summed E-state index contributed by atoms with van der Waals surface area (Å²) in [4.78, 5) is 48.9. The summed E-state index contributed by atoms with van der Waals surface area (Å²) >= 11 is 10.1. The monoisotopic (exact) mass is 1000 g/mol. The number of ether oxygens (including phenoxy) is 2. The minimum absolute atomic E-state index is 0.302. The van der Waals surface area contributed by atoms with Crippen LogP contribution in [0.2, 0.25) is 0 Å². The van der Waals surface area contributed by atoms with E-state index in [4.69, 9.17) is 18.8 Å². The van der Waals surface area contributed by atoms with Crippen LogP contribution in [0.5, 0.6) is 11.5 Å². The number of pyridine rings is 2. The van der Waals surface area contributed by atoms with Gasteiger partial charge in [0.05, 0.1) is 36.5 Å². The summed E-state index contributed by atoms with van der Waals surface area (Å²) in [5.41, 5.74) is 2.62. The molecule has 2 aromatic carbocycles. The zero-order valence-electron chi connectivity index (χ0n) is 34.1. The lowest BCUT2D eigenvalue weighted by atomic mass is 9.80. The van der Waals surface area contributed by atoms with Crippen molar-refractivity contribution < 1.29 is 28.4 Å². The number of nitrogens with one attached hydrogen (secondary N) is 2. The molecule has 14 nitrogen and oxygen atoms in total. The van der Waals surface area contributed by atoms with Gasteiger partial charge in [-0.2, -0.15) is 0 Å². The van der Waals surface area contributed by atoms with Gasteiger partial charge in [-0.1, -0.05) is 53.9 Å². The number of anilines is 2. The van der Waals surface area contributed by atoms with Gasteiger partial charge in [-0.25, -0.2) is 29.9 Å². The molecular weight excluding hydrogens is 963 g/mol. The van der Waals surface area contributed by atoms with E-state index in [2.05, 4.69) is 88.3 Å². The van der Waals surface area contributed by atoms with Crippen molar-refractivity contribution in [1.29, 1.82) is 0 Å². The molecule has 0 aliphatic carbocycles. The Kier molecular flexibility index (Phi) is 15.6. The summed E-state index contributed by atoms with van der Waals surface area (Å²) in [6, 6.07) is 18.7. The van der Waals surface area contributed by atoms with Crippen molar-refractivity contribution in [3.05, 3.63) is 134 Å². The van der Waals surface area contributed by atoms with Crippen molar-refractivity contribution in [3.8, 4) is 22.6 Å². The summed E-state index contributed by atoms with van der Waals surface area (Å²) < 4.78 is 25.2. The second-order valence-corrected chi connectivity index (χ2v) is 16.9. The standard InChI is InChI=1S/C18H15BrN4O2.C17H21BN4O3.C7H6Br2O/c1-11-20-9-14(10-21-11)18(24)23-17-4-3-12(8-22-17)13-5-15(19)7-16(6-13)25-2;1-11-19-8-12(9-20-11)15(23)22-14-7-6-13(10-21-14)18-24-16(2,3)17(4,5)25-18;1-10-7-3-5(8)2-6(9)4-7/h3-10H,1-2H3,(H,22,23,24);6-10H,1-5H3,(H,21,22,23);2-4H,1H3. The van der Waals surface area contributed by atoms with E-state index in [-0.39, 0.29) is 11.8 Å². The molecule has 0 unspecified atom stereocenters. The Hall–Kier alpha value is -5.14. The number of nitrogens with zero attached hydrogens (tertiary/aromatic N) is 6. The molecule has 0 radical (unpaired) electrons. The molecule has 4 aromatic heterocycles. The van der Waals surface area contributed by atoms with Gasteiger partial charge in [0, 0.05) is 61.6 Å². The molecule has 6 aromatic rings. The number of methoxy groups -OCH3 is 2. The molecule has 0 spiro atoms. The lowest BCUT2D eigenvalue weighted by Gasteiger charge is -2.32. The van der Waals surface area contributed by atoms with Crippen molar-refractivity contribution >= 4 is 83.8 Å². The fourth-order valence-electron chi connectivity index (χ4n) is 5.13. The summed E-state index contributed by atoms with van der Waals surface area (Å²) in [6.45, 7) is 11.5. The van der Waals surface area contributed by atoms with E-state index >= 15 is 0 Å². The van der Waals surface area contributed by atoms with Gasteiger partial charge in [-0.15, -0.1) is 0 Å². The van der Waals surface area contributed by atoms with Crippen LogP contribution in [0.3, 0.4) is 0 Å². The maximum absolute atomic E-state index is 12.2. The Morgan fingerprint density at radius 2 is 1.00 bits per heavy atom. The summed E-state index contributed by atoms with van der Waals surface area (Å²) in [5, 5.41) is 5.44. The molecule has 1 saturated heterocycles. The highest BCUT2D eigenvalue weighted by Gasteiger charge is 2.51. The Bertz CT molecular complexity index is 2370. The maximum Gasteiger partial charge on any atom is 0.496 e. The van der Waals surface area contributed by atoms with Gasteiger partial charge in [0.2, 0.25) is 0 Å². The molecular formula is C42H42BBr3N8O6. The highest BCUT2D eigenvalue weighted by Crippen LogP contribution is 2.36. The maximum atomic E-state index is 12.2. The topological polar surface area (TPSA) is 172 Å². The first kappa shape index (κ1) is 45.9. The first-order valence-electron chi connectivity index (χ1n) is 18.3. The molecule has 18 heteroatoms. The van der Waals surface area contributed by atoms with Crippen LogP contribution in [0.25, 0.3) is 11.1 Å². The number of benzene rings is 2. The molecule has 5 heterocycles. The van der Waals surface area contributed by atoms with Gasteiger partial charge in [0.25, 0.3) is 11.8 Å². The SMILES string of the molecule is COc1cc(Br)cc(-c2ccc(NC(=O)c3cnc(C)nc3)nc2)c1.COc1cc(Br)cc(Br)c1.Cc1ncc(C(=O)Nc2ccc(B3OC(C)(C)C(C)(C)O3)cn2)cn1. The highest BCUT2D eigenvalue weighted by atomic mass is 79.9. The summed E-state index contributed by atoms with van der Waals surface area (Å²) in [6.07, 6.45) is 9.28. The van der Waals surface area contributed by atoms with Crippen LogP contribution in [-0.2, 0) is 9.31 Å². The number of rotatable bonds is 8. The van der Waals surface area contributed by atoms with Crippen LogP contribution in [0.4, 0.5) is 11.6 Å². The molecule has 1 fully saturated rings. The molecule has 1 aliphatic rings. The number of carbonyl (C=O) groups is 2. The third-order valence-electron chi connectivity index (χ3n) is 9.16. The molecule has 0 saturated carbocycles. The number of hydrogen-bond donors (Lipinski definition) is 2. The quantitative estimate of drug-likeness (QED) is 0.139. The molecule has 0 atom stereocenters. The molecule has 2 amide bonds. The van der Waals surface area contributed by atoms with Crippen LogP contribution in [-0.4, -0.2) is 74.3 Å². The first-order valence-corrected chi connectivity index (χ1v) is 20.7. The number of carbonyl (C=O) groups excluding carboxylic acids is 2. The van der Waals surface area contributed by atoms with Gasteiger partial charge < -0.3 is 29.4 Å². The lowest BCUT2D eigenvalue weighted by molar-refractivity contribution is 0.00578. The molecule has 310 valence electrons. The van der Waals surface area contributed by atoms with E-state index in [1.165, 1.54) is 24.8 Å². The normalized spacial score (nSPS) is 13.5. The molecule has 2 N–H and O–H groups in total. The number of aromatic nitrogens is 6. The Morgan fingerprint density at radius 1 is 0.567 bits per heavy atom. The predicted octanol–water partition coefficient (Wildman–Crippen LogP) is 8.82. The largest absolute Gasteiger partial charge is 0.497 e. The van der Waals surface area contributed by atoms with Crippen molar-refractivity contribution in [3.63, 3.8) is 0 Å².